The topological polar surface area (TPSA) is 131 Å². The van der Waals surface area contributed by atoms with Crippen molar-refractivity contribution in [3.8, 4) is 11.5 Å². The van der Waals surface area contributed by atoms with Crippen LogP contribution in [-0.4, -0.2) is 56.3 Å². The molecule has 3 N–H and O–H groups in total. The zero-order valence-corrected chi connectivity index (χ0v) is 23.5. The van der Waals surface area contributed by atoms with Gasteiger partial charge in [-0.05, 0) is 55.3 Å². The van der Waals surface area contributed by atoms with Gasteiger partial charge in [0.15, 0.2) is 0 Å². The second kappa shape index (κ2) is 11.7. The summed E-state index contributed by atoms with van der Waals surface area (Å²) in [6.45, 7) is 6.72. The number of benzene rings is 3. The zero-order valence-electron chi connectivity index (χ0n) is 23.5. The quantitative estimate of drug-likeness (QED) is 0.164. The molecule has 0 saturated carbocycles. The molecule has 2 aromatic heterocycles. The number of amides is 1. The predicted octanol–water partition coefficient (Wildman–Crippen LogP) is 4.93. The molecule has 5 rings (SSSR count). The molecule has 0 saturated heterocycles. The number of aromatic amines is 1. The van der Waals surface area contributed by atoms with E-state index in [2.05, 4.69) is 15.3 Å². The number of hydrogen-bond donors (Lipinski definition) is 3. The van der Waals surface area contributed by atoms with Crippen LogP contribution < -0.4 is 10.1 Å². The van der Waals surface area contributed by atoms with Crippen LogP contribution in [0, 0.1) is 5.92 Å². The second-order valence-corrected chi connectivity index (χ2v) is 10.4. The van der Waals surface area contributed by atoms with E-state index in [0.29, 0.717) is 29.0 Å². The molecule has 3 aromatic carbocycles. The number of aromatic hydroxyl groups is 1. The Balaban J connectivity index is 1.23. The number of aromatic nitrogens is 4. The Morgan fingerprint density at radius 2 is 1.83 bits per heavy atom. The van der Waals surface area contributed by atoms with Crippen molar-refractivity contribution in [2.75, 3.05) is 19.8 Å². The fraction of sp³-hybridized carbons (Fsp3) is 0.290. The Labute approximate surface area is 237 Å². The third-order valence-corrected chi connectivity index (χ3v) is 6.76. The van der Waals surface area contributed by atoms with Gasteiger partial charge in [-0.1, -0.05) is 26.0 Å². The molecule has 0 bridgehead atoms. The fourth-order valence-corrected chi connectivity index (χ4v) is 4.59. The van der Waals surface area contributed by atoms with Gasteiger partial charge >= 0.3 is 5.97 Å². The highest BCUT2D eigenvalue weighted by Crippen LogP contribution is 2.28. The smallest absolute Gasteiger partial charge is 0.341 e. The lowest BCUT2D eigenvalue weighted by molar-refractivity contribution is 0.0454. The van der Waals surface area contributed by atoms with Gasteiger partial charge < -0.3 is 29.4 Å². The third-order valence-electron chi connectivity index (χ3n) is 6.76. The first-order valence-electron chi connectivity index (χ1n) is 13.5. The predicted molar refractivity (Wildman–Crippen MR) is 155 cm³/mol. The summed E-state index contributed by atoms with van der Waals surface area (Å²) in [5.41, 5.74) is 3.95. The van der Waals surface area contributed by atoms with Crippen LogP contribution in [0.25, 0.3) is 22.1 Å². The maximum atomic E-state index is 12.9. The van der Waals surface area contributed by atoms with Crippen molar-refractivity contribution in [2.45, 2.75) is 26.7 Å². The Morgan fingerprint density at radius 1 is 1.02 bits per heavy atom. The number of rotatable bonds is 10. The highest BCUT2D eigenvalue weighted by molar-refractivity contribution is 5.97. The van der Waals surface area contributed by atoms with Crippen molar-refractivity contribution >= 4 is 33.9 Å². The molecule has 10 heteroatoms. The Morgan fingerprint density at radius 3 is 2.63 bits per heavy atom. The largest absolute Gasteiger partial charge is 0.508 e. The van der Waals surface area contributed by atoms with Crippen molar-refractivity contribution in [2.24, 2.45) is 13.0 Å². The molecule has 1 amide bonds. The van der Waals surface area contributed by atoms with E-state index < -0.39 is 5.97 Å². The lowest BCUT2D eigenvalue weighted by Crippen LogP contribution is -2.28. The van der Waals surface area contributed by atoms with E-state index in [1.54, 1.807) is 48.5 Å². The molecule has 41 heavy (non-hydrogen) atoms. The van der Waals surface area contributed by atoms with E-state index in [1.165, 1.54) is 0 Å². The van der Waals surface area contributed by atoms with Gasteiger partial charge in [0.2, 0.25) is 0 Å². The molecule has 0 fully saturated rings. The van der Waals surface area contributed by atoms with E-state index in [0.717, 1.165) is 28.2 Å². The van der Waals surface area contributed by atoms with Gasteiger partial charge in [0, 0.05) is 18.7 Å². The van der Waals surface area contributed by atoms with Gasteiger partial charge in [0.25, 0.3) is 5.91 Å². The molecule has 2 heterocycles. The minimum absolute atomic E-state index is 0.151. The number of imidazole rings is 2. The van der Waals surface area contributed by atoms with E-state index in [1.807, 2.05) is 44.5 Å². The van der Waals surface area contributed by atoms with Crippen LogP contribution in [0.1, 0.15) is 59.1 Å². The lowest BCUT2D eigenvalue weighted by atomic mass is 10.1. The van der Waals surface area contributed by atoms with E-state index in [-0.39, 0.29) is 36.6 Å². The summed E-state index contributed by atoms with van der Waals surface area (Å²) in [4.78, 5) is 38.1. The van der Waals surface area contributed by atoms with Gasteiger partial charge in [-0.25, -0.2) is 14.8 Å². The van der Waals surface area contributed by atoms with Crippen LogP contribution in [0.4, 0.5) is 0 Å². The first-order chi connectivity index (χ1) is 19.7. The van der Waals surface area contributed by atoms with Crippen molar-refractivity contribution in [1.29, 1.82) is 0 Å². The number of nitrogens with zero attached hydrogens (tertiary/aromatic N) is 3. The van der Waals surface area contributed by atoms with Gasteiger partial charge in [-0.15, -0.1) is 0 Å². The first kappa shape index (κ1) is 27.7. The number of phenols is 1. The normalized spacial score (nSPS) is 12.1. The molecule has 10 nitrogen and oxygen atoms in total. The van der Waals surface area contributed by atoms with Crippen LogP contribution >= 0.6 is 0 Å². The molecule has 0 aliphatic heterocycles. The summed E-state index contributed by atoms with van der Waals surface area (Å²) in [5, 5.41) is 12.6. The number of phenolic OH excluding ortho intramolecular Hbond substituents is 1. The number of aryl methyl sites for hydroxylation is 1. The summed E-state index contributed by atoms with van der Waals surface area (Å²) >= 11 is 0. The number of fused-ring (bicyclic) bond motifs is 2. The number of esters is 1. The fourth-order valence-electron chi connectivity index (χ4n) is 4.59. The molecule has 1 atom stereocenters. The molecule has 5 aromatic rings. The van der Waals surface area contributed by atoms with Crippen molar-refractivity contribution in [1.82, 2.24) is 24.8 Å². The molecule has 0 aliphatic carbocycles. The van der Waals surface area contributed by atoms with Crippen LogP contribution in [0.2, 0.25) is 0 Å². The van der Waals surface area contributed by atoms with Crippen LogP contribution in [-0.2, 0) is 11.8 Å². The van der Waals surface area contributed by atoms with Gasteiger partial charge in [-0.2, -0.15) is 0 Å². The molecule has 0 spiro atoms. The summed E-state index contributed by atoms with van der Waals surface area (Å²) in [5.74, 6) is 1.50. The maximum absolute atomic E-state index is 12.9. The zero-order chi connectivity index (χ0) is 29.1. The minimum atomic E-state index is -0.434. The molecule has 0 radical (unpaired) electrons. The first-order valence-corrected chi connectivity index (χ1v) is 13.5. The summed E-state index contributed by atoms with van der Waals surface area (Å²) < 4.78 is 13.1. The number of carbonyl (C=O) groups is 2. The summed E-state index contributed by atoms with van der Waals surface area (Å²) in [6, 6.07) is 17.3. The highest BCUT2D eigenvalue weighted by Gasteiger charge is 2.21. The van der Waals surface area contributed by atoms with Crippen molar-refractivity contribution in [3.05, 3.63) is 83.4 Å². The Hall–Kier alpha value is -4.86. The average molecular weight is 556 g/mol. The summed E-state index contributed by atoms with van der Waals surface area (Å²) in [7, 11) is 1.91. The van der Waals surface area contributed by atoms with Crippen molar-refractivity contribution in [3.63, 3.8) is 0 Å². The van der Waals surface area contributed by atoms with Crippen molar-refractivity contribution < 1.29 is 24.2 Å². The summed E-state index contributed by atoms with van der Waals surface area (Å²) in [6.07, 6.45) is 0. The third kappa shape index (κ3) is 6.01. The Kier molecular flexibility index (Phi) is 7.91. The molecule has 1 unspecified atom stereocenters. The van der Waals surface area contributed by atoms with Gasteiger partial charge in [-0.3, -0.25) is 4.79 Å². The monoisotopic (exact) mass is 555 g/mol. The number of para-hydroxylation sites is 1. The minimum Gasteiger partial charge on any atom is -0.508 e. The van der Waals surface area contributed by atoms with Gasteiger partial charge in [0.05, 0.1) is 41.1 Å². The maximum Gasteiger partial charge on any atom is 0.341 e. The van der Waals surface area contributed by atoms with Crippen LogP contribution in [0.3, 0.4) is 0 Å². The highest BCUT2D eigenvalue weighted by atomic mass is 16.5. The number of carbonyl (C=O) groups excluding carboxylic acids is 2. The van der Waals surface area contributed by atoms with Crippen LogP contribution in [0.15, 0.2) is 60.7 Å². The number of H-pyrrole nitrogens is 1. The molecule has 212 valence electrons. The second-order valence-electron chi connectivity index (χ2n) is 10.4. The number of nitrogens with one attached hydrogen (secondary N) is 2. The number of ether oxygens (including phenoxy) is 2. The Bertz CT molecular complexity index is 1720. The SMILES string of the molecule is CC(C)COC(=O)c1ccccc1OCCNC(=O)c1ccc2nc(C(C)c3nc4cc(O)ccc4[nH]3)n(C)c2c1. The van der Waals surface area contributed by atoms with Gasteiger partial charge in [0.1, 0.15) is 35.3 Å². The van der Waals surface area contributed by atoms with E-state index in [4.69, 9.17) is 14.5 Å². The molecular formula is C31H33N5O5. The number of hydrogen-bond acceptors (Lipinski definition) is 7. The van der Waals surface area contributed by atoms with Crippen LogP contribution in [0.5, 0.6) is 11.5 Å². The van der Waals surface area contributed by atoms with E-state index >= 15 is 0 Å². The molecular weight excluding hydrogens is 522 g/mol. The average Bonchev–Trinajstić information content (AvgIpc) is 3.54. The molecule has 0 aliphatic rings. The van der Waals surface area contributed by atoms with E-state index in [9.17, 15) is 14.7 Å². The standard InChI is InChI=1S/C31H33N5O5/c1-18(2)17-41-31(39)22-7-5-6-8-27(22)40-14-13-32-30(38)20-9-11-24-26(15-20)36(4)29(35-24)19(3)28-33-23-12-10-21(37)16-25(23)34-28/h5-12,15-16,18-19,37H,13-14,17H2,1-4H3,(H,32,38)(H,33,34). The lowest BCUT2D eigenvalue weighted by Gasteiger charge is -2.12.